The van der Waals surface area contributed by atoms with E-state index >= 15 is 0 Å². The van der Waals surface area contributed by atoms with Crippen LogP contribution in [0.1, 0.15) is 44.0 Å². The quantitative estimate of drug-likeness (QED) is 0.655. The zero-order valence-corrected chi connectivity index (χ0v) is 14.4. The summed E-state index contributed by atoms with van der Waals surface area (Å²) in [5.41, 5.74) is 1.87. The monoisotopic (exact) mass is 370 g/mol. The first-order valence-electron chi connectivity index (χ1n) is 8.13. The second kappa shape index (κ2) is 7.49. The molecule has 138 valence electrons. The van der Waals surface area contributed by atoms with Gasteiger partial charge in [-0.3, -0.25) is 9.48 Å². The van der Waals surface area contributed by atoms with Crippen molar-refractivity contribution >= 4 is 12.3 Å². The molecule has 7 heteroatoms. The van der Waals surface area contributed by atoms with Crippen molar-refractivity contribution in [2.45, 2.75) is 19.9 Å². The van der Waals surface area contributed by atoms with Crippen LogP contribution in [0.3, 0.4) is 0 Å². The van der Waals surface area contributed by atoms with Crippen LogP contribution in [-0.2, 0) is 6.54 Å². The molecule has 0 fully saturated rings. The third-order valence-electron chi connectivity index (χ3n) is 4.26. The van der Waals surface area contributed by atoms with E-state index in [1.165, 1.54) is 10.9 Å². The second-order valence-corrected chi connectivity index (χ2v) is 6.12. The van der Waals surface area contributed by atoms with Gasteiger partial charge in [0.15, 0.2) is 6.29 Å². The molecule has 1 heterocycles. The van der Waals surface area contributed by atoms with Gasteiger partial charge < -0.3 is 5.11 Å². The molecule has 2 aromatic carbocycles. The van der Waals surface area contributed by atoms with Crippen LogP contribution in [0.5, 0.6) is 0 Å². The number of nitrogens with zero attached hydrogens (tertiary/aromatic N) is 2. The van der Waals surface area contributed by atoms with Crippen LogP contribution in [0.4, 0.5) is 8.78 Å². The number of carbonyl (C=O) groups excluding carboxylic acids is 1. The van der Waals surface area contributed by atoms with Crippen LogP contribution in [0.15, 0.2) is 48.7 Å². The Hall–Kier alpha value is -3.35. The summed E-state index contributed by atoms with van der Waals surface area (Å²) < 4.78 is 27.6. The summed E-state index contributed by atoms with van der Waals surface area (Å²) >= 11 is 0. The van der Waals surface area contributed by atoms with E-state index in [0.29, 0.717) is 12.8 Å². The van der Waals surface area contributed by atoms with E-state index < -0.39 is 12.4 Å². The Bertz CT molecular complexity index is 995. The Morgan fingerprint density at radius 1 is 1.19 bits per heavy atom. The predicted molar refractivity (Wildman–Crippen MR) is 95.2 cm³/mol. The topological polar surface area (TPSA) is 72.2 Å². The highest BCUT2D eigenvalue weighted by Crippen LogP contribution is 2.31. The highest BCUT2D eigenvalue weighted by Gasteiger charge is 2.21. The van der Waals surface area contributed by atoms with Crippen molar-refractivity contribution < 1.29 is 23.5 Å². The fraction of sp³-hybridized carbons (Fsp3) is 0.150. The van der Waals surface area contributed by atoms with Gasteiger partial charge in [-0.1, -0.05) is 35.9 Å². The summed E-state index contributed by atoms with van der Waals surface area (Å²) in [6, 6.07) is 10.9. The molecular formula is C20H16F2N2O3. The van der Waals surface area contributed by atoms with Crippen LogP contribution in [0.25, 0.3) is 11.1 Å². The van der Waals surface area contributed by atoms with Crippen LogP contribution < -0.4 is 0 Å². The lowest BCUT2D eigenvalue weighted by Gasteiger charge is -2.09. The molecular weight excluding hydrogens is 354 g/mol. The highest BCUT2D eigenvalue weighted by atomic mass is 19.3. The summed E-state index contributed by atoms with van der Waals surface area (Å²) in [6.07, 6.45) is -0.875. The average molecular weight is 370 g/mol. The van der Waals surface area contributed by atoms with Crippen molar-refractivity contribution in [3.8, 4) is 11.1 Å². The molecule has 0 spiro atoms. The summed E-state index contributed by atoms with van der Waals surface area (Å²) in [6.45, 7) is 2.25. The number of aromatic carboxylic acids is 1. The number of hydrogen-bond donors (Lipinski definition) is 1. The first-order chi connectivity index (χ1) is 12.9. The van der Waals surface area contributed by atoms with Gasteiger partial charge in [0.2, 0.25) is 0 Å². The van der Waals surface area contributed by atoms with Gasteiger partial charge in [-0.15, -0.1) is 0 Å². The maximum absolute atomic E-state index is 13.1. The van der Waals surface area contributed by atoms with Crippen molar-refractivity contribution in [3.63, 3.8) is 0 Å². The lowest BCUT2D eigenvalue weighted by atomic mass is 9.97. The predicted octanol–water partition coefficient (Wildman–Crippen LogP) is 4.36. The number of hydrogen-bond acceptors (Lipinski definition) is 3. The molecule has 0 saturated carbocycles. The zero-order chi connectivity index (χ0) is 19.6. The Balaban J connectivity index is 2.08. The van der Waals surface area contributed by atoms with E-state index in [1.807, 2.05) is 31.2 Å². The highest BCUT2D eigenvalue weighted by molar-refractivity contribution is 5.99. The standard InChI is InChI=1S/C20H16F2N2O3/c1-12-2-4-13(5-3-12)10-24-18(11-25)17(9-23-24)16-8-14(19(21)22)6-7-15(16)20(26)27/h2-9,11,19H,10H2,1H3,(H,26,27). The number of halogens is 2. The number of alkyl halides is 2. The Morgan fingerprint density at radius 3 is 2.48 bits per heavy atom. The van der Waals surface area contributed by atoms with Gasteiger partial charge in [0.1, 0.15) is 5.69 Å². The first-order valence-corrected chi connectivity index (χ1v) is 8.13. The summed E-state index contributed by atoms with van der Waals surface area (Å²) in [7, 11) is 0. The zero-order valence-electron chi connectivity index (χ0n) is 14.4. The maximum atomic E-state index is 13.1. The SMILES string of the molecule is Cc1ccc(Cn2ncc(-c3cc(C(F)F)ccc3C(=O)O)c2C=O)cc1. The van der Waals surface area contributed by atoms with Crippen molar-refractivity contribution in [1.82, 2.24) is 9.78 Å². The number of carboxylic acid groups (broad SMARTS) is 1. The molecule has 0 aliphatic rings. The lowest BCUT2D eigenvalue weighted by molar-refractivity contribution is 0.0697. The molecule has 5 nitrogen and oxygen atoms in total. The molecule has 0 aliphatic heterocycles. The van der Waals surface area contributed by atoms with Gasteiger partial charge in [-0.05, 0) is 24.6 Å². The molecule has 0 unspecified atom stereocenters. The number of aromatic nitrogens is 2. The molecule has 0 atom stereocenters. The lowest BCUT2D eigenvalue weighted by Crippen LogP contribution is -2.07. The molecule has 3 rings (SSSR count). The smallest absolute Gasteiger partial charge is 0.336 e. The van der Waals surface area contributed by atoms with Crippen molar-refractivity contribution in [3.05, 3.63) is 76.6 Å². The van der Waals surface area contributed by atoms with E-state index in [1.54, 1.807) is 0 Å². The van der Waals surface area contributed by atoms with Crippen LogP contribution in [0, 0.1) is 6.92 Å². The summed E-state index contributed by atoms with van der Waals surface area (Å²) in [4.78, 5) is 23.2. The fourth-order valence-corrected chi connectivity index (χ4v) is 2.83. The van der Waals surface area contributed by atoms with Gasteiger partial charge >= 0.3 is 5.97 Å². The van der Waals surface area contributed by atoms with E-state index in [9.17, 15) is 23.5 Å². The minimum absolute atomic E-state index is 0.0394. The normalized spacial score (nSPS) is 11.0. The number of aldehydes is 1. The molecule has 0 amide bonds. The Labute approximate surface area is 153 Å². The summed E-state index contributed by atoms with van der Waals surface area (Å²) in [5, 5.41) is 13.5. The minimum Gasteiger partial charge on any atom is -0.478 e. The van der Waals surface area contributed by atoms with Crippen molar-refractivity contribution in [2.75, 3.05) is 0 Å². The number of rotatable bonds is 6. The van der Waals surface area contributed by atoms with Gasteiger partial charge in [-0.25, -0.2) is 13.6 Å². The molecule has 0 saturated heterocycles. The van der Waals surface area contributed by atoms with Crippen molar-refractivity contribution in [1.29, 1.82) is 0 Å². The Morgan fingerprint density at radius 2 is 1.89 bits per heavy atom. The number of aryl methyl sites for hydroxylation is 1. The van der Waals surface area contributed by atoms with E-state index in [4.69, 9.17) is 0 Å². The average Bonchev–Trinajstić information content (AvgIpc) is 3.05. The number of carboxylic acids is 1. The third kappa shape index (κ3) is 3.76. The fourth-order valence-electron chi connectivity index (χ4n) is 2.83. The van der Waals surface area contributed by atoms with E-state index in [2.05, 4.69) is 5.10 Å². The van der Waals surface area contributed by atoms with Gasteiger partial charge in [0, 0.05) is 16.7 Å². The minimum atomic E-state index is -2.76. The van der Waals surface area contributed by atoms with E-state index in [-0.39, 0.29) is 27.9 Å². The second-order valence-electron chi connectivity index (χ2n) is 6.12. The molecule has 1 aromatic heterocycles. The molecule has 0 bridgehead atoms. The molecule has 0 radical (unpaired) electrons. The van der Waals surface area contributed by atoms with Crippen LogP contribution >= 0.6 is 0 Å². The van der Waals surface area contributed by atoms with Gasteiger partial charge in [0.25, 0.3) is 6.43 Å². The van der Waals surface area contributed by atoms with E-state index in [0.717, 1.165) is 29.3 Å². The summed E-state index contributed by atoms with van der Waals surface area (Å²) in [5.74, 6) is -1.27. The number of benzene rings is 2. The van der Waals surface area contributed by atoms with Crippen LogP contribution in [-0.4, -0.2) is 27.1 Å². The van der Waals surface area contributed by atoms with Crippen molar-refractivity contribution in [2.24, 2.45) is 0 Å². The third-order valence-corrected chi connectivity index (χ3v) is 4.26. The van der Waals surface area contributed by atoms with Gasteiger partial charge in [0.05, 0.1) is 18.3 Å². The number of carbonyl (C=O) groups is 2. The molecule has 3 aromatic rings. The van der Waals surface area contributed by atoms with Crippen LogP contribution in [0.2, 0.25) is 0 Å². The molecule has 0 aliphatic carbocycles. The van der Waals surface area contributed by atoms with Gasteiger partial charge in [-0.2, -0.15) is 5.10 Å². The molecule has 27 heavy (non-hydrogen) atoms. The Kier molecular flexibility index (Phi) is 5.12. The largest absolute Gasteiger partial charge is 0.478 e. The molecule has 1 N–H and O–H groups in total. The maximum Gasteiger partial charge on any atom is 0.336 e. The first kappa shape index (κ1) is 18.4.